The van der Waals surface area contributed by atoms with Crippen molar-refractivity contribution in [2.75, 3.05) is 18.0 Å². The fourth-order valence-corrected chi connectivity index (χ4v) is 4.17. The zero-order valence-corrected chi connectivity index (χ0v) is 15.4. The van der Waals surface area contributed by atoms with Gasteiger partial charge in [-0.25, -0.2) is 0 Å². The second-order valence-corrected chi connectivity index (χ2v) is 7.65. The molecular formula is C22H24F3NO. The number of piperidine rings is 1. The zero-order chi connectivity index (χ0) is 19.0. The highest BCUT2D eigenvalue weighted by Gasteiger charge is 2.30. The molecule has 0 bridgehead atoms. The summed E-state index contributed by atoms with van der Waals surface area (Å²) in [7, 11) is 0. The Labute approximate surface area is 157 Å². The van der Waals surface area contributed by atoms with Crippen molar-refractivity contribution in [3.8, 4) is 5.75 Å². The van der Waals surface area contributed by atoms with Crippen LogP contribution in [0.4, 0.5) is 18.9 Å². The molecule has 5 heteroatoms. The molecule has 1 saturated heterocycles. The number of halogens is 3. The van der Waals surface area contributed by atoms with E-state index in [0.29, 0.717) is 5.92 Å². The van der Waals surface area contributed by atoms with Crippen LogP contribution in [0.1, 0.15) is 48.8 Å². The highest BCUT2D eigenvalue weighted by Crippen LogP contribution is 2.35. The van der Waals surface area contributed by atoms with Crippen LogP contribution in [0.15, 0.2) is 42.5 Å². The Balaban J connectivity index is 1.34. The van der Waals surface area contributed by atoms with Crippen molar-refractivity contribution in [3.05, 3.63) is 59.2 Å². The predicted octanol–water partition coefficient (Wildman–Crippen LogP) is 5.80. The molecule has 27 heavy (non-hydrogen) atoms. The Kier molecular flexibility index (Phi) is 4.79. The van der Waals surface area contributed by atoms with E-state index < -0.39 is 11.7 Å². The summed E-state index contributed by atoms with van der Waals surface area (Å²) in [5.41, 5.74) is 3.09. The molecule has 1 fully saturated rings. The van der Waals surface area contributed by atoms with Gasteiger partial charge in [-0.3, -0.25) is 0 Å². The van der Waals surface area contributed by atoms with Gasteiger partial charge in [0.25, 0.3) is 0 Å². The lowest BCUT2D eigenvalue weighted by Crippen LogP contribution is -2.38. The van der Waals surface area contributed by atoms with Crippen LogP contribution in [-0.2, 0) is 12.6 Å². The third kappa shape index (κ3) is 3.92. The Morgan fingerprint density at radius 2 is 1.67 bits per heavy atom. The second-order valence-electron chi connectivity index (χ2n) is 7.65. The van der Waals surface area contributed by atoms with Gasteiger partial charge >= 0.3 is 6.18 Å². The maximum Gasteiger partial charge on any atom is 0.416 e. The number of hydrogen-bond acceptors (Lipinski definition) is 2. The first-order chi connectivity index (χ1) is 12.9. The van der Waals surface area contributed by atoms with Crippen LogP contribution in [0.25, 0.3) is 0 Å². The van der Waals surface area contributed by atoms with Gasteiger partial charge in [-0.15, -0.1) is 0 Å². The monoisotopic (exact) mass is 375 g/mol. The van der Waals surface area contributed by atoms with Crippen molar-refractivity contribution in [2.24, 2.45) is 0 Å². The van der Waals surface area contributed by atoms with Crippen LogP contribution in [0.5, 0.6) is 5.75 Å². The highest BCUT2D eigenvalue weighted by atomic mass is 19.4. The molecule has 1 heterocycles. The van der Waals surface area contributed by atoms with Crippen molar-refractivity contribution in [2.45, 2.75) is 50.8 Å². The van der Waals surface area contributed by atoms with E-state index in [1.807, 2.05) is 0 Å². The summed E-state index contributed by atoms with van der Waals surface area (Å²) < 4.78 is 44.3. The SMILES string of the molecule is CC1CCc2cc(OC3CCN(c4ccc(C(F)(F)F)cc4)CC3)ccc21. The van der Waals surface area contributed by atoms with E-state index >= 15 is 0 Å². The smallest absolute Gasteiger partial charge is 0.416 e. The maximum absolute atomic E-state index is 12.7. The molecule has 1 aliphatic carbocycles. The van der Waals surface area contributed by atoms with Crippen molar-refractivity contribution in [1.82, 2.24) is 0 Å². The third-order valence-electron chi connectivity index (χ3n) is 5.80. The Morgan fingerprint density at radius 1 is 0.963 bits per heavy atom. The van der Waals surface area contributed by atoms with Gasteiger partial charge in [0, 0.05) is 31.6 Å². The van der Waals surface area contributed by atoms with Crippen molar-refractivity contribution >= 4 is 5.69 Å². The molecule has 4 rings (SSSR count). The predicted molar refractivity (Wildman–Crippen MR) is 100 cm³/mol. The van der Waals surface area contributed by atoms with E-state index in [1.54, 1.807) is 12.1 Å². The number of ether oxygens (including phenoxy) is 1. The molecule has 2 aromatic carbocycles. The minimum absolute atomic E-state index is 0.160. The lowest BCUT2D eigenvalue weighted by atomic mass is 10.0. The lowest BCUT2D eigenvalue weighted by Gasteiger charge is -2.34. The Morgan fingerprint density at radius 3 is 2.33 bits per heavy atom. The molecule has 2 aromatic rings. The summed E-state index contributed by atoms with van der Waals surface area (Å²) in [4.78, 5) is 2.13. The fourth-order valence-electron chi connectivity index (χ4n) is 4.17. The van der Waals surface area contributed by atoms with Crippen LogP contribution >= 0.6 is 0 Å². The summed E-state index contributed by atoms with van der Waals surface area (Å²) in [5, 5.41) is 0. The first-order valence-corrected chi connectivity index (χ1v) is 9.62. The average molecular weight is 375 g/mol. The molecule has 1 unspecified atom stereocenters. The van der Waals surface area contributed by atoms with E-state index in [2.05, 4.69) is 30.0 Å². The molecule has 0 radical (unpaired) electrons. The van der Waals surface area contributed by atoms with E-state index in [1.165, 1.54) is 17.5 Å². The van der Waals surface area contributed by atoms with Gasteiger partial charge in [0.15, 0.2) is 0 Å². The highest BCUT2D eigenvalue weighted by molar-refractivity contribution is 5.48. The molecule has 1 atom stereocenters. The number of aryl methyl sites for hydroxylation is 1. The number of benzene rings is 2. The van der Waals surface area contributed by atoms with Gasteiger partial charge in [-0.2, -0.15) is 13.2 Å². The number of nitrogens with zero attached hydrogens (tertiary/aromatic N) is 1. The number of hydrogen-bond donors (Lipinski definition) is 0. The number of fused-ring (bicyclic) bond motifs is 1. The molecule has 1 aliphatic heterocycles. The largest absolute Gasteiger partial charge is 0.490 e. The van der Waals surface area contributed by atoms with Crippen LogP contribution in [0, 0.1) is 0 Å². The van der Waals surface area contributed by atoms with E-state index in [0.717, 1.165) is 55.9 Å². The summed E-state index contributed by atoms with van der Waals surface area (Å²) >= 11 is 0. The molecule has 0 spiro atoms. The molecule has 0 N–H and O–H groups in total. The van der Waals surface area contributed by atoms with Crippen LogP contribution in [-0.4, -0.2) is 19.2 Å². The van der Waals surface area contributed by atoms with Crippen molar-refractivity contribution in [3.63, 3.8) is 0 Å². The second kappa shape index (κ2) is 7.10. The number of anilines is 1. The quantitative estimate of drug-likeness (QED) is 0.672. The molecular weight excluding hydrogens is 351 g/mol. The minimum atomic E-state index is -4.28. The van der Waals surface area contributed by atoms with Crippen LogP contribution in [0.3, 0.4) is 0 Å². The summed E-state index contributed by atoms with van der Waals surface area (Å²) in [5.74, 6) is 1.58. The first kappa shape index (κ1) is 18.2. The van der Waals surface area contributed by atoms with Gasteiger partial charge < -0.3 is 9.64 Å². The Hall–Kier alpha value is -2.17. The molecule has 0 aromatic heterocycles. The van der Waals surface area contributed by atoms with Crippen molar-refractivity contribution < 1.29 is 17.9 Å². The summed E-state index contributed by atoms with van der Waals surface area (Å²) in [6.45, 7) is 3.85. The normalized spacial score (nSPS) is 20.6. The third-order valence-corrected chi connectivity index (χ3v) is 5.80. The molecule has 0 saturated carbocycles. The van der Waals surface area contributed by atoms with Gasteiger partial charge in [-0.05, 0) is 66.3 Å². The topological polar surface area (TPSA) is 12.5 Å². The van der Waals surface area contributed by atoms with Gasteiger partial charge in [0.05, 0.1) is 5.56 Å². The van der Waals surface area contributed by atoms with Gasteiger partial charge in [0.2, 0.25) is 0 Å². The molecule has 2 aliphatic rings. The summed E-state index contributed by atoms with van der Waals surface area (Å²) in [6, 6.07) is 11.9. The lowest BCUT2D eigenvalue weighted by molar-refractivity contribution is -0.137. The minimum Gasteiger partial charge on any atom is -0.490 e. The number of rotatable bonds is 3. The molecule has 2 nitrogen and oxygen atoms in total. The summed E-state index contributed by atoms with van der Waals surface area (Å²) in [6.07, 6.45) is -0.0481. The number of alkyl halides is 3. The fraction of sp³-hybridized carbons (Fsp3) is 0.455. The Bertz CT molecular complexity index is 792. The molecule has 144 valence electrons. The van der Waals surface area contributed by atoms with Crippen LogP contribution in [0.2, 0.25) is 0 Å². The average Bonchev–Trinajstić information content (AvgIpc) is 3.02. The van der Waals surface area contributed by atoms with Crippen LogP contribution < -0.4 is 9.64 Å². The van der Waals surface area contributed by atoms with E-state index in [9.17, 15) is 13.2 Å². The van der Waals surface area contributed by atoms with E-state index in [-0.39, 0.29) is 6.10 Å². The van der Waals surface area contributed by atoms with Gasteiger partial charge in [0.1, 0.15) is 11.9 Å². The molecule has 0 amide bonds. The first-order valence-electron chi connectivity index (χ1n) is 9.62. The zero-order valence-electron chi connectivity index (χ0n) is 15.4. The van der Waals surface area contributed by atoms with Gasteiger partial charge in [-0.1, -0.05) is 13.0 Å². The maximum atomic E-state index is 12.7. The standard InChI is InChI=1S/C22H24F3NO/c1-15-2-3-16-14-20(8-9-21(15)16)27-19-10-12-26(13-11-19)18-6-4-17(5-7-18)22(23,24)25/h4-9,14-15,19H,2-3,10-13H2,1H3. The van der Waals surface area contributed by atoms with Crippen molar-refractivity contribution in [1.29, 1.82) is 0 Å². The van der Waals surface area contributed by atoms with E-state index in [4.69, 9.17) is 4.74 Å².